The number of rotatable bonds is 7. The minimum absolute atomic E-state index is 0.114. The Balaban J connectivity index is 1.74. The second kappa shape index (κ2) is 14.5. The number of aromatic hydroxyl groups is 1. The number of likely N-dealkylation sites (N-methyl/N-ethyl adjacent to an activating group) is 2. The maximum atomic E-state index is 13.4. The number of aromatic nitrogens is 1. The van der Waals surface area contributed by atoms with Crippen molar-refractivity contribution >= 4 is 73.9 Å². The molecule has 216 valence electrons. The zero-order chi connectivity index (χ0) is 29.4. The van der Waals surface area contributed by atoms with Crippen LogP contribution in [-0.4, -0.2) is 119 Å². The summed E-state index contributed by atoms with van der Waals surface area (Å²) in [4.78, 5) is 71.3. The fraction of sp³-hybridized carbons (Fsp3) is 0.440. The number of amides is 4. The lowest BCUT2D eigenvalue weighted by Gasteiger charge is -2.33. The number of benzene rings is 1. The smallest absolute Gasteiger partial charge is 0.329 e. The molecular formula is C25H31N5O7S3. The van der Waals surface area contributed by atoms with Gasteiger partial charge in [0.1, 0.15) is 23.9 Å². The Morgan fingerprint density at radius 3 is 2.67 bits per heavy atom. The van der Waals surface area contributed by atoms with E-state index in [0.717, 1.165) is 0 Å². The first-order valence-corrected chi connectivity index (χ1v) is 16.0. The van der Waals surface area contributed by atoms with Crippen LogP contribution in [0.3, 0.4) is 0 Å². The van der Waals surface area contributed by atoms with E-state index < -0.39 is 54.3 Å². The summed E-state index contributed by atoms with van der Waals surface area (Å²) in [6, 6.07) is 5.62. The molecule has 1 aromatic carbocycles. The van der Waals surface area contributed by atoms with Crippen LogP contribution in [0.2, 0.25) is 0 Å². The number of para-hydroxylation sites is 1. The van der Waals surface area contributed by atoms with E-state index in [9.17, 15) is 29.1 Å². The highest BCUT2D eigenvalue weighted by atomic mass is 33.1. The molecule has 0 radical (unpaired) electrons. The molecule has 1 aliphatic heterocycles. The third-order valence-corrected chi connectivity index (χ3v) is 9.31. The molecule has 0 saturated carbocycles. The molecule has 0 aliphatic carbocycles. The quantitative estimate of drug-likeness (QED) is 0.300. The van der Waals surface area contributed by atoms with Crippen LogP contribution < -0.4 is 10.6 Å². The van der Waals surface area contributed by atoms with Crippen molar-refractivity contribution in [3.05, 3.63) is 36.0 Å². The number of thioether (sulfide) groups is 1. The summed E-state index contributed by atoms with van der Waals surface area (Å²) < 4.78 is 4.85. The van der Waals surface area contributed by atoms with Crippen molar-refractivity contribution in [2.75, 3.05) is 51.3 Å². The summed E-state index contributed by atoms with van der Waals surface area (Å²) in [6.45, 7) is -0.407. The van der Waals surface area contributed by atoms with Gasteiger partial charge in [-0.05, 0) is 18.4 Å². The van der Waals surface area contributed by atoms with Gasteiger partial charge in [-0.2, -0.15) is 11.8 Å². The topological polar surface area (TPSA) is 158 Å². The van der Waals surface area contributed by atoms with Crippen LogP contribution in [0.25, 0.3) is 10.9 Å². The van der Waals surface area contributed by atoms with Gasteiger partial charge in [0.15, 0.2) is 5.69 Å². The molecule has 15 heteroatoms. The molecule has 1 aromatic heterocycles. The predicted molar refractivity (Wildman–Crippen MR) is 156 cm³/mol. The van der Waals surface area contributed by atoms with Gasteiger partial charge >= 0.3 is 5.97 Å². The number of fused-ring (bicyclic) bond motifs is 1. The molecule has 3 unspecified atom stereocenters. The van der Waals surface area contributed by atoms with E-state index in [-0.39, 0.29) is 22.9 Å². The number of methoxy groups -OCH3 is 1. The van der Waals surface area contributed by atoms with Crippen molar-refractivity contribution in [1.82, 2.24) is 25.4 Å². The van der Waals surface area contributed by atoms with Gasteiger partial charge in [-0.25, -0.2) is 9.78 Å². The molecule has 3 rings (SSSR count). The van der Waals surface area contributed by atoms with Crippen LogP contribution in [0.1, 0.15) is 10.5 Å². The van der Waals surface area contributed by atoms with Crippen molar-refractivity contribution in [3.8, 4) is 5.75 Å². The molecule has 1 aliphatic rings. The van der Waals surface area contributed by atoms with Gasteiger partial charge in [0.25, 0.3) is 5.91 Å². The largest absolute Gasteiger partial charge is 0.505 e. The lowest BCUT2D eigenvalue weighted by Crippen LogP contribution is -2.56. The number of esters is 1. The molecule has 4 amide bonds. The molecular weight excluding hydrogens is 579 g/mol. The molecule has 40 heavy (non-hydrogen) atoms. The van der Waals surface area contributed by atoms with Crippen LogP contribution >= 0.6 is 33.3 Å². The summed E-state index contributed by atoms with van der Waals surface area (Å²) in [7, 11) is 6.69. The second-order valence-corrected chi connectivity index (χ2v) is 12.3. The Hall–Kier alpha value is -3.17. The first-order valence-electron chi connectivity index (χ1n) is 12.1. The maximum absolute atomic E-state index is 13.4. The maximum Gasteiger partial charge on any atom is 0.329 e. The zero-order valence-corrected chi connectivity index (χ0v) is 24.9. The van der Waals surface area contributed by atoms with Crippen LogP contribution in [0.4, 0.5) is 0 Å². The molecule has 1 saturated heterocycles. The highest BCUT2D eigenvalue weighted by molar-refractivity contribution is 8.76. The van der Waals surface area contributed by atoms with Gasteiger partial charge in [0, 0.05) is 36.7 Å². The number of hydrogen-bond donors (Lipinski definition) is 3. The molecule has 2 heterocycles. The molecule has 3 atom stereocenters. The number of nitrogens with one attached hydrogen (secondary N) is 2. The molecule has 2 aromatic rings. The number of carbonyl (C=O) groups excluding carboxylic acids is 5. The Morgan fingerprint density at radius 2 is 1.98 bits per heavy atom. The van der Waals surface area contributed by atoms with Crippen molar-refractivity contribution in [2.45, 2.75) is 18.1 Å². The average molecular weight is 610 g/mol. The van der Waals surface area contributed by atoms with E-state index in [4.69, 9.17) is 4.74 Å². The standard InChI is InChI=1S/C25H31N5O7S3/c1-29-17(24(35)30(2)18(12-38-4)25(36)37-3)13-40-39-11-16(22(33)26-10-20(29)32)28-23(34)21-19(31)9-14-7-5-6-8-15(14)27-21/h5-9,16-18,31H,10-13H2,1-4H3,(H,26,33)(H,28,34). The van der Waals surface area contributed by atoms with Crippen molar-refractivity contribution in [3.63, 3.8) is 0 Å². The Kier molecular flexibility index (Phi) is 11.3. The third-order valence-electron chi connectivity index (χ3n) is 6.26. The van der Waals surface area contributed by atoms with E-state index >= 15 is 0 Å². The fourth-order valence-electron chi connectivity index (χ4n) is 3.86. The normalized spacial score (nSPS) is 19.2. The van der Waals surface area contributed by atoms with Crippen molar-refractivity contribution in [2.24, 2.45) is 0 Å². The average Bonchev–Trinajstić information content (AvgIpc) is 2.97. The Morgan fingerprint density at radius 1 is 1.27 bits per heavy atom. The lowest BCUT2D eigenvalue weighted by atomic mass is 10.1. The SMILES string of the molecule is COC(=O)C(CSC)N(C)C(=O)C1CSSCC(NC(=O)c2nc3ccccc3cc2O)C(=O)NCC(=O)N1C. The third kappa shape index (κ3) is 7.52. The summed E-state index contributed by atoms with van der Waals surface area (Å²) >= 11 is 1.38. The minimum Gasteiger partial charge on any atom is -0.505 e. The summed E-state index contributed by atoms with van der Waals surface area (Å²) in [5.74, 6) is -2.60. The first kappa shape index (κ1) is 31.4. The van der Waals surface area contributed by atoms with Gasteiger partial charge in [-0.1, -0.05) is 39.8 Å². The summed E-state index contributed by atoms with van der Waals surface area (Å²) in [6.07, 6.45) is 1.80. The molecule has 12 nitrogen and oxygen atoms in total. The second-order valence-electron chi connectivity index (χ2n) is 8.83. The van der Waals surface area contributed by atoms with Gasteiger partial charge < -0.3 is 30.3 Å². The number of nitrogens with zero attached hydrogens (tertiary/aromatic N) is 3. The summed E-state index contributed by atoms with van der Waals surface area (Å²) in [5.41, 5.74) is 0.275. The van der Waals surface area contributed by atoms with E-state index in [1.807, 2.05) is 0 Å². The van der Waals surface area contributed by atoms with E-state index in [2.05, 4.69) is 15.6 Å². The number of carbonyl (C=O) groups is 5. The lowest BCUT2D eigenvalue weighted by molar-refractivity contribution is -0.153. The highest BCUT2D eigenvalue weighted by Gasteiger charge is 2.36. The van der Waals surface area contributed by atoms with Crippen molar-refractivity contribution < 1.29 is 33.8 Å². The Labute approximate surface area is 243 Å². The number of ether oxygens (including phenoxy) is 1. The van der Waals surface area contributed by atoms with Crippen LogP contribution in [0.5, 0.6) is 5.75 Å². The van der Waals surface area contributed by atoms with Crippen LogP contribution in [-0.2, 0) is 23.9 Å². The van der Waals surface area contributed by atoms with Gasteiger partial charge in [-0.3, -0.25) is 19.2 Å². The van der Waals surface area contributed by atoms with Crippen molar-refractivity contribution in [1.29, 1.82) is 0 Å². The molecule has 0 spiro atoms. The van der Waals surface area contributed by atoms with E-state index in [1.165, 1.54) is 70.4 Å². The highest BCUT2D eigenvalue weighted by Crippen LogP contribution is 2.27. The fourth-order valence-corrected chi connectivity index (χ4v) is 6.97. The van der Waals surface area contributed by atoms with Gasteiger partial charge in [0.05, 0.1) is 19.2 Å². The first-order chi connectivity index (χ1) is 19.1. The predicted octanol–water partition coefficient (Wildman–Crippen LogP) is 0.740. The van der Waals surface area contributed by atoms with Crippen LogP contribution in [0, 0.1) is 0 Å². The monoisotopic (exact) mass is 609 g/mol. The molecule has 3 N–H and O–H groups in total. The minimum atomic E-state index is -1.05. The van der Waals surface area contributed by atoms with Gasteiger partial charge in [0.2, 0.25) is 17.7 Å². The number of hydrogen-bond acceptors (Lipinski definition) is 11. The summed E-state index contributed by atoms with van der Waals surface area (Å²) in [5, 5.41) is 16.1. The zero-order valence-electron chi connectivity index (χ0n) is 22.4. The van der Waals surface area contributed by atoms with E-state index in [1.54, 1.807) is 30.5 Å². The Bertz CT molecular complexity index is 1280. The molecule has 0 bridgehead atoms. The van der Waals surface area contributed by atoms with Gasteiger partial charge in [-0.15, -0.1) is 0 Å². The number of pyridine rings is 1. The van der Waals surface area contributed by atoms with Crippen LogP contribution in [0.15, 0.2) is 30.3 Å². The van der Waals surface area contributed by atoms with E-state index in [0.29, 0.717) is 16.7 Å². The molecule has 1 fully saturated rings.